The summed E-state index contributed by atoms with van der Waals surface area (Å²) in [5, 5.41) is 0. The Bertz CT molecular complexity index is 718. The zero-order valence-electron chi connectivity index (χ0n) is 13.3. The zero-order valence-corrected chi connectivity index (χ0v) is 13.3. The number of hydrogen-bond donors (Lipinski definition) is 1. The second-order valence-electron chi connectivity index (χ2n) is 6.80. The molecule has 0 spiro atoms. The van der Waals surface area contributed by atoms with Crippen LogP contribution in [0, 0.1) is 0 Å². The van der Waals surface area contributed by atoms with Gasteiger partial charge in [-0.15, -0.1) is 0 Å². The highest BCUT2D eigenvalue weighted by Crippen LogP contribution is 2.21. The lowest BCUT2D eigenvalue weighted by Gasteiger charge is -2.28. The van der Waals surface area contributed by atoms with Gasteiger partial charge in [0.05, 0.1) is 11.3 Å². The van der Waals surface area contributed by atoms with E-state index in [-0.39, 0.29) is 11.0 Å². The minimum absolute atomic E-state index is 0.0102. The Labute approximate surface area is 129 Å². The third kappa shape index (κ3) is 3.06. The molecule has 0 bridgehead atoms. The van der Waals surface area contributed by atoms with Gasteiger partial charge in [-0.25, -0.2) is 15.0 Å². The van der Waals surface area contributed by atoms with Gasteiger partial charge in [0.15, 0.2) is 0 Å². The third-order valence-electron chi connectivity index (χ3n) is 3.88. The Balaban J connectivity index is 1.83. The van der Waals surface area contributed by atoms with Gasteiger partial charge in [-0.2, -0.15) is 0 Å². The van der Waals surface area contributed by atoms with Crippen molar-refractivity contribution in [2.45, 2.75) is 45.7 Å². The Morgan fingerprint density at radius 2 is 2.00 bits per heavy atom. The molecule has 0 amide bonds. The van der Waals surface area contributed by atoms with Crippen molar-refractivity contribution >= 4 is 0 Å². The fraction of sp³-hybridized carbons (Fsp3) is 0.500. The normalized spacial score (nSPS) is 15.6. The van der Waals surface area contributed by atoms with Gasteiger partial charge in [0, 0.05) is 49.4 Å². The van der Waals surface area contributed by atoms with Gasteiger partial charge in [-0.3, -0.25) is 9.69 Å². The summed E-state index contributed by atoms with van der Waals surface area (Å²) in [6.45, 7) is 8.44. The number of nitrogens with one attached hydrogen (secondary N) is 1. The Morgan fingerprint density at radius 3 is 2.68 bits per heavy atom. The number of H-pyrrole nitrogens is 1. The van der Waals surface area contributed by atoms with Crippen LogP contribution in [0.5, 0.6) is 0 Å². The first-order chi connectivity index (χ1) is 10.4. The molecule has 0 saturated carbocycles. The second kappa shape index (κ2) is 5.61. The van der Waals surface area contributed by atoms with Gasteiger partial charge < -0.3 is 4.98 Å². The van der Waals surface area contributed by atoms with E-state index in [9.17, 15) is 4.79 Å². The summed E-state index contributed by atoms with van der Waals surface area (Å²) in [6, 6.07) is 0. The van der Waals surface area contributed by atoms with Crippen molar-refractivity contribution in [1.82, 2.24) is 24.8 Å². The summed E-state index contributed by atoms with van der Waals surface area (Å²) < 4.78 is 0. The van der Waals surface area contributed by atoms with E-state index in [0.29, 0.717) is 6.54 Å². The Morgan fingerprint density at radius 1 is 1.27 bits per heavy atom. The molecule has 0 atom stereocenters. The van der Waals surface area contributed by atoms with Crippen LogP contribution in [0.4, 0.5) is 0 Å². The SMILES string of the molecule is CC(C)(C)c1nc2c(c(=O)[nH]1)CN(Cc1cncnc1)CC2. The molecule has 6 heteroatoms. The molecule has 2 aromatic heterocycles. The molecule has 1 aliphatic heterocycles. The highest BCUT2D eigenvalue weighted by molar-refractivity contribution is 5.23. The van der Waals surface area contributed by atoms with E-state index in [1.807, 2.05) is 12.4 Å². The number of fused-ring (bicyclic) bond motifs is 1. The summed E-state index contributed by atoms with van der Waals surface area (Å²) in [7, 11) is 0. The van der Waals surface area contributed by atoms with Crippen LogP contribution in [0.25, 0.3) is 0 Å². The lowest BCUT2D eigenvalue weighted by Crippen LogP contribution is -2.37. The molecule has 0 unspecified atom stereocenters. The molecule has 3 rings (SSSR count). The maximum atomic E-state index is 12.4. The van der Waals surface area contributed by atoms with Gasteiger partial charge in [-0.05, 0) is 0 Å². The molecule has 0 aliphatic carbocycles. The first-order valence-electron chi connectivity index (χ1n) is 7.52. The van der Waals surface area contributed by atoms with Crippen molar-refractivity contribution in [2.75, 3.05) is 6.54 Å². The first-order valence-corrected chi connectivity index (χ1v) is 7.52. The average molecular weight is 299 g/mol. The standard InChI is InChI=1S/C16H21N5O/c1-16(2,3)15-19-13-4-5-21(9-12(13)14(22)20-15)8-11-6-17-10-18-7-11/h6-7,10H,4-5,8-9H2,1-3H3,(H,19,20,22). The van der Waals surface area contributed by atoms with E-state index in [0.717, 1.165) is 42.2 Å². The molecular weight excluding hydrogens is 278 g/mol. The van der Waals surface area contributed by atoms with Crippen molar-refractivity contribution in [3.63, 3.8) is 0 Å². The molecule has 116 valence electrons. The summed E-state index contributed by atoms with van der Waals surface area (Å²) in [4.78, 5) is 30.3. The largest absolute Gasteiger partial charge is 0.310 e. The van der Waals surface area contributed by atoms with Crippen LogP contribution >= 0.6 is 0 Å². The van der Waals surface area contributed by atoms with E-state index in [1.54, 1.807) is 0 Å². The minimum Gasteiger partial charge on any atom is -0.310 e. The molecule has 2 aromatic rings. The highest BCUT2D eigenvalue weighted by Gasteiger charge is 2.24. The molecule has 1 aliphatic rings. The maximum absolute atomic E-state index is 12.4. The molecular formula is C16H21N5O. The molecule has 22 heavy (non-hydrogen) atoms. The summed E-state index contributed by atoms with van der Waals surface area (Å²) >= 11 is 0. The maximum Gasteiger partial charge on any atom is 0.255 e. The number of aromatic amines is 1. The fourth-order valence-electron chi connectivity index (χ4n) is 2.64. The Kier molecular flexibility index (Phi) is 3.78. The van der Waals surface area contributed by atoms with Gasteiger partial charge in [0.1, 0.15) is 12.2 Å². The second-order valence-corrected chi connectivity index (χ2v) is 6.80. The van der Waals surface area contributed by atoms with Gasteiger partial charge in [-0.1, -0.05) is 20.8 Å². The number of rotatable bonds is 2. The highest BCUT2D eigenvalue weighted by atomic mass is 16.1. The molecule has 1 N–H and O–H groups in total. The molecule has 0 saturated heterocycles. The predicted molar refractivity (Wildman–Crippen MR) is 83.4 cm³/mol. The molecule has 3 heterocycles. The molecule has 6 nitrogen and oxygen atoms in total. The smallest absolute Gasteiger partial charge is 0.255 e. The van der Waals surface area contributed by atoms with Gasteiger partial charge >= 0.3 is 0 Å². The third-order valence-corrected chi connectivity index (χ3v) is 3.88. The van der Waals surface area contributed by atoms with Gasteiger partial charge in [0.25, 0.3) is 5.56 Å². The first kappa shape index (κ1) is 14.8. The molecule has 0 aromatic carbocycles. The lowest BCUT2D eigenvalue weighted by atomic mass is 9.95. The fourth-order valence-corrected chi connectivity index (χ4v) is 2.64. The monoisotopic (exact) mass is 299 g/mol. The van der Waals surface area contributed by atoms with E-state index in [4.69, 9.17) is 0 Å². The number of nitrogens with zero attached hydrogens (tertiary/aromatic N) is 4. The topological polar surface area (TPSA) is 74.8 Å². The van der Waals surface area contributed by atoms with Crippen molar-refractivity contribution in [3.8, 4) is 0 Å². The van der Waals surface area contributed by atoms with Crippen LogP contribution in [0.15, 0.2) is 23.5 Å². The molecule has 0 fully saturated rings. The van der Waals surface area contributed by atoms with Crippen LogP contribution in [0.1, 0.15) is 43.4 Å². The van der Waals surface area contributed by atoms with E-state index in [2.05, 4.69) is 45.6 Å². The predicted octanol–water partition coefficient (Wildman–Crippen LogP) is 1.42. The number of hydrogen-bond acceptors (Lipinski definition) is 5. The van der Waals surface area contributed by atoms with Crippen molar-refractivity contribution < 1.29 is 0 Å². The zero-order chi connectivity index (χ0) is 15.7. The van der Waals surface area contributed by atoms with Crippen molar-refractivity contribution in [3.05, 3.63) is 51.7 Å². The lowest BCUT2D eigenvalue weighted by molar-refractivity contribution is 0.240. The Hall–Kier alpha value is -2.08. The van der Waals surface area contributed by atoms with E-state index < -0.39 is 0 Å². The van der Waals surface area contributed by atoms with Crippen molar-refractivity contribution in [1.29, 1.82) is 0 Å². The van der Waals surface area contributed by atoms with Crippen LogP contribution in [0.2, 0.25) is 0 Å². The van der Waals surface area contributed by atoms with Crippen LogP contribution in [-0.2, 0) is 24.9 Å². The van der Waals surface area contributed by atoms with Crippen molar-refractivity contribution in [2.24, 2.45) is 0 Å². The van der Waals surface area contributed by atoms with Crippen LogP contribution in [0.3, 0.4) is 0 Å². The molecule has 0 radical (unpaired) electrons. The van der Waals surface area contributed by atoms with Crippen LogP contribution in [-0.4, -0.2) is 31.4 Å². The summed E-state index contributed by atoms with van der Waals surface area (Å²) in [6.07, 6.45) is 5.95. The average Bonchev–Trinajstić information content (AvgIpc) is 2.48. The van der Waals surface area contributed by atoms with Gasteiger partial charge in [0.2, 0.25) is 0 Å². The quantitative estimate of drug-likeness (QED) is 0.907. The van der Waals surface area contributed by atoms with Crippen LogP contribution < -0.4 is 5.56 Å². The van der Waals surface area contributed by atoms with E-state index in [1.165, 1.54) is 6.33 Å². The summed E-state index contributed by atoms with van der Waals surface area (Å²) in [5.74, 6) is 0.765. The minimum atomic E-state index is -0.146. The summed E-state index contributed by atoms with van der Waals surface area (Å²) in [5.41, 5.74) is 2.63. The number of aromatic nitrogens is 4. The van der Waals surface area contributed by atoms with E-state index >= 15 is 0 Å².